The van der Waals surface area contributed by atoms with Crippen molar-refractivity contribution in [2.24, 2.45) is 0 Å². The molecule has 0 aliphatic rings. The number of carbonyl (C=O) groups excluding carboxylic acids is 1. The SMILES string of the molecule is C=CCCC(O[N+](=O)[O-])C(=O)[O-]. The van der Waals surface area contributed by atoms with Gasteiger partial charge in [0.1, 0.15) is 6.10 Å². The fourth-order valence-corrected chi connectivity index (χ4v) is 0.587. The average Bonchev–Trinajstić information content (AvgIpc) is 1.96. The summed E-state index contributed by atoms with van der Waals surface area (Å²) in [5, 5.41) is 18.8. The lowest BCUT2D eigenvalue weighted by molar-refractivity contribution is -0.766. The molecule has 0 saturated heterocycles. The van der Waals surface area contributed by atoms with Crippen LogP contribution in [-0.2, 0) is 9.63 Å². The van der Waals surface area contributed by atoms with Gasteiger partial charge in [0.25, 0.3) is 5.09 Å². The lowest BCUT2D eigenvalue weighted by atomic mass is 10.2. The van der Waals surface area contributed by atoms with Crippen molar-refractivity contribution in [1.29, 1.82) is 0 Å². The summed E-state index contributed by atoms with van der Waals surface area (Å²) in [5.41, 5.74) is 0. The van der Waals surface area contributed by atoms with Gasteiger partial charge in [0.15, 0.2) is 0 Å². The molecule has 1 atom stereocenters. The smallest absolute Gasteiger partial charge is 0.295 e. The number of allylic oxidation sites excluding steroid dienone is 1. The van der Waals surface area contributed by atoms with Crippen LogP contribution in [0.1, 0.15) is 12.8 Å². The zero-order valence-corrected chi connectivity index (χ0v) is 6.26. The van der Waals surface area contributed by atoms with Crippen LogP contribution in [0.2, 0.25) is 0 Å². The number of carboxylic acid groups (broad SMARTS) is 1. The molecule has 0 aliphatic heterocycles. The lowest BCUT2D eigenvalue weighted by Gasteiger charge is -2.13. The summed E-state index contributed by atoms with van der Waals surface area (Å²) in [6.45, 7) is 3.33. The van der Waals surface area contributed by atoms with Gasteiger partial charge in [-0.2, -0.15) is 0 Å². The maximum Gasteiger partial charge on any atom is 0.295 e. The Morgan fingerprint density at radius 2 is 2.33 bits per heavy atom. The summed E-state index contributed by atoms with van der Waals surface area (Å²) in [6.07, 6.45) is 0.261. The monoisotopic (exact) mass is 174 g/mol. The van der Waals surface area contributed by atoms with Crippen molar-refractivity contribution in [3.05, 3.63) is 22.8 Å². The van der Waals surface area contributed by atoms with Gasteiger partial charge in [0.05, 0.1) is 5.97 Å². The molecule has 0 spiro atoms. The third kappa shape index (κ3) is 4.26. The van der Waals surface area contributed by atoms with Gasteiger partial charge in [0, 0.05) is 0 Å². The summed E-state index contributed by atoms with van der Waals surface area (Å²) in [5.74, 6) is -1.59. The zero-order valence-electron chi connectivity index (χ0n) is 6.26. The van der Waals surface area contributed by atoms with Gasteiger partial charge in [-0.3, -0.25) is 0 Å². The highest BCUT2D eigenvalue weighted by Crippen LogP contribution is 2.01. The number of carbonyl (C=O) groups is 1. The number of hydrogen-bond acceptors (Lipinski definition) is 5. The normalized spacial score (nSPS) is 11.7. The van der Waals surface area contributed by atoms with Crippen LogP contribution >= 0.6 is 0 Å². The quantitative estimate of drug-likeness (QED) is 0.301. The van der Waals surface area contributed by atoms with Gasteiger partial charge in [-0.25, -0.2) is 0 Å². The van der Waals surface area contributed by atoms with Crippen molar-refractivity contribution >= 4 is 5.97 Å². The van der Waals surface area contributed by atoms with E-state index >= 15 is 0 Å². The minimum atomic E-state index is -1.59. The third-order valence-corrected chi connectivity index (χ3v) is 1.11. The molecule has 0 fully saturated rings. The van der Waals surface area contributed by atoms with E-state index in [-0.39, 0.29) is 6.42 Å². The van der Waals surface area contributed by atoms with Gasteiger partial charge in [-0.15, -0.1) is 16.7 Å². The van der Waals surface area contributed by atoms with E-state index in [1.807, 2.05) is 0 Å². The van der Waals surface area contributed by atoms with Crippen LogP contribution < -0.4 is 5.11 Å². The van der Waals surface area contributed by atoms with Crippen molar-refractivity contribution in [2.45, 2.75) is 18.9 Å². The van der Waals surface area contributed by atoms with Crippen molar-refractivity contribution in [2.75, 3.05) is 0 Å². The Morgan fingerprint density at radius 1 is 1.75 bits per heavy atom. The highest BCUT2D eigenvalue weighted by atomic mass is 17.0. The molecule has 0 N–H and O–H groups in total. The maximum atomic E-state index is 10.2. The molecule has 0 aliphatic carbocycles. The molecule has 0 aromatic carbocycles. The van der Waals surface area contributed by atoms with E-state index in [1.165, 1.54) is 6.08 Å². The van der Waals surface area contributed by atoms with Crippen LogP contribution in [0.3, 0.4) is 0 Å². The van der Waals surface area contributed by atoms with Crippen molar-refractivity contribution in [1.82, 2.24) is 0 Å². The molecule has 0 aromatic heterocycles. The summed E-state index contributed by atoms with van der Waals surface area (Å²) < 4.78 is 0. The Labute approximate surface area is 68.6 Å². The van der Waals surface area contributed by atoms with Gasteiger partial charge in [-0.1, -0.05) is 6.08 Å². The maximum absolute atomic E-state index is 10.2. The van der Waals surface area contributed by atoms with Gasteiger partial charge >= 0.3 is 0 Å². The van der Waals surface area contributed by atoms with Crippen LogP contribution in [0.4, 0.5) is 0 Å². The first-order valence-electron chi connectivity index (χ1n) is 3.21. The molecule has 0 saturated carbocycles. The standard InChI is InChI=1S/C6H9NO5/c1-2-3-4-5(6(8)9)12-7(10)11/h2,5H,1,3-4H2,(H,8,9)/p-1. The van der Waals surface area contributed by atoms with Crippen LogP contribution in [0.15, 0.2) is 12.7 Å². The van der Waals surface area contributed by atoms with Crippen molar-refractivity contribution < 1.29 is 19.8 Å². The molecule has 0 aromatic rings. The fraction of sp³-hybridized carbons (Fsp3) is 0.500. The van der Waals surface area contributed by atoms with E-state index in [0.717, 1.165) is 0 Å². The molecule has 0 bridgehead atoms. The summed E-state index contributed by atoms with van der Waals surface area (Å²) >= 11 is 0. The summed E-state index contributed by atoms with van der Waals surface area (Å²) in [7, 11) is 0. The predicted octanol–water partition coefficient (Wildman–Crippen LogP) is -0.721. The first kappa shape index (κ1) is 10.4. The molecule has 0 radical (unpaired) electrons. The second-order valence-electron chi connectivity index (χ2n) is 2.00. The molecule has 0 amide bonds. The first-order chi connectivity index (χ1) is 5.57. The lowest BCUT2D eigenvalue weighted by Crippen LogP contribution is -2.38. The minimum Gasteiger partial charge on any atom is -0.548 e. The molecule has 0 rings (SSSR count). The summed E-state index contributed by atoms with van der Waals surface area (Å²) in [4.78, 5) is 23.7. The fourth-order valence-electron chi connectivity index (χ4n) is 0.587. The molecule has 12 heavy (non-hydrogen) atoms. The Bertz CT molecular complexity index is 190. The Morgan fingerprint density at radius 3 is 2.67 bits per heavy atom. The van der Waals surface area contributed by atoms with E-state index in [4.69, 9.17) is 0 Å². The predicted molar refractivity (Wildman–Crippen MR) is 36.3 cm³/mol. The number of nitrogens with zero attached hydrogens (tertiary/aromatic N) is 1. The Hall–Kier alpha value is -1.59. The zero-order chi connectivity index (χ0) is 9.56. The van der Waals surface area contributed by atoms with Gasteiger partial charge in [-0.05, 0) is 12.8 Å². The van der Waals surface area contributed by atoms with E-state index in [2.05, 4.69) is 11.4 Å². The minimum absolute atomic E-state index is 0.00713. The van der Waals surface area contributed by atoms with Crippen LogP contribution in [0, 0.1) is 10.1 Å². The summed E-state index contributed by atoms with van der Waals surface area (Å²) in [6, 6.07) is 0. The third-order valence-electron chi connectivity index (χ3n) is 1.11. The van der Waals surface area contributed by atoms with E-state index in [1.54, 1.807) is 0 Å². The first-order valence-corrected chi connectivity index (χ1v) is 3.21. The number of rotatable bonds is 6. The van der Waals surface area contributed by atoms with Crippen molar-refractivity contribution in [3.8, 4) is 0 Å². The number of aliphatic carboxylic acids is 1. The van der Waals surface area contributed by atoms with Crippen LogP contribution in [0.25, 0.3) is 0 Å². The molecule has 6 heteroatoms. The second-order valence-corrected chi connectivity index (χ2v) is 2.00. The highest BCUT2D eigenvalue weighted by Gasteiger charge is 2.12. The molecular formula is C6H8NO5-. The molecule has 1 unspecified atom stereocenters. The van der Waals surface area contributed by atoms with Gasteiger partial charge in [0.2, 0.25) is 0 Å². The average molecular weight is 174 g/mol. The highest BCUT2D eigenvalue weighted by molar-refractivity contribution is 5.69. The number of hydrogen-bond donors (Lipinski definition) is 0. The molecule has 0 heterocycles. The van der Waals surface area contributed by atoms with Crippen LogP contribution in [-0.4, -0.2) is 17.2 Å². The Balaban J connectivity index is 3.94. The van der Waals surface area contributed by atoms with Crippen LogP contribution in [0.5, 0.6) is 0 Å². The van der Waals surface area contributed by atoms with Gasteiger partial charge < -0.3 is 14.7 Å². The van der Waals surface area contributed by atoms with E-state index < -0.39 is 17.2 Å². The van der Waals surface area contributed by atoms with Crippen molar-refractivity contribution in [3.63, 3.8) is 0 Å². The Kier molecular flexibility index (Phi) is 4.43. The molecule has 68 valence electrons. The topological polar surface area (TPSA) is 92.5 Å². The largest absolute Gasteiger partial charge is 0.548 e. The number of carboxylic acids is 1. The second kappa shape index (κ2) is 5.11. The molecule has 6 nitrogen and oxygen atoms in total. The van der Waals surface area contributed by atoms with E-state index in [9.17, 15) is 20.0 Å². The van der Waals surface area contributed by atoms with E-state index in [0.29, 0.717) is 6.42 Å². The molecular weight excluding hydrogens is 166 g/mol.